The average molecular weight is 715 g/mol. The zero-order valence-electron chi connectivity index (χ0n) is 29.5. The molecular formula is C36H43ClN10O4. The average Bonchev–Trinajstić information content (AvgIpc) is 3.55. The first-order valence-electron chi connectivity index (χ1n) is 17.3. The smallest absolute Gasteiger partial charge is 0.328 e. The van der Waals surface area contributed by atoms with E-state index in [9.17, 15) is 19.5 Å². The summed E-state index contributed by atoms with van der Waals surface area (Å²) in [6.07, 6.45) is 4.60. The monoisotopic (exact) mass is 714 g/mol. The van der Waals surface area contributed by atoms with Gasteiger partial charge >= 0.3 is 5.69 Å². The Kier molecular flexibility index (Phi) is 9.00. The number of benzene rings is 2. The summed E-state index contributed by atoms with van der Waals surface area (Å²) in [7, 11) is 5.63. The Bertz CT molecular complexity index is 2210. The van der Waals surface area contributed by atoms with E-state index in [0.717, 1.165) is 59.2 Å². The molecule has 3 N–H and O–H groups in total. The molecule has 2 fully saturated rings. The number of rotatable bonds is 9. The topological polar surface area (TPSA) is 155 Å². The van der Waals surface area contributed by atoms with E-state index in [0.29, 0.717) is 48.3 Å². The number of carbonyl (C=O) groups is 2. The van der Waals surface area contributed by atoms with Crippen molar-refractivity contribution in [1.82, 2.24) is 34.2 Å². The normalized spacial score (nSPS) is 17.4. The summed E-state index contributed by atoms with van der Waals surface area (Å²) < 4.78 is 5.10. The number of nitrogens with zero attached hydrogens (tertiary/aromatic N) is 8. The van der Waals surface area contributed by atoms with E-state index in [4.69, 9.17) is 16.6 Å². The molecule has 51 heavy (non-hydrogen) atoms. The minimum Gasteiger partial charge on any atom is -0.390 e. The Morgan fingerprint density at radius 3 is 2.53 bits per heavy atom. The van der Waals surface area contributed by atoms with Crippen molar-refractivity contribution >= 4 is 68.5 Å². The second-order valence-corrected chi connectivity index (χ2v) is 14.7. The maximum atomic E-state index is 13.0. The van der Waals surface area contributed by atoms with Crippen molar-refractivity contribution in [2.45, 2.75) is 70.1 Å². The molecule has 2 aliphatic heterocycles. The van der Waals surface area contributed by atoms with Crippen LogP contribution in [0.3, 0.4) is 0 Å². The maximum absolute atomic E-state index is 13.0. The van der Waals surface area contributed by atoms with Gasteiger partial charge in [-0.1, -0.05) is 11.6 Å². The van der Waals surface area contributed by atoms with Crippen molar-refractivity contribution < 1.29 is 14.7 Å². The molecule has 0 aliphatic carbocycles. The van der Waals surface area contributed by atoms with Gasteiger partial charge in [0.2, 0.25) is 17.8 Å². The van der Waals surface area contributed by atoms with Crippen LogP contribution in [0.2, 0.25) is 5.02 Å². The van der Waals surface area contributed by atoms with Gasteiger partial charge in [-0.05, 0) is 75.9 Å². The van der Waals surface area contributed by atoms with Crippen molar-refractivity contribution in [2.24, 2.45) is 14.1 Å². The van der Waals surface area contributed by atoms with Crippen molar-refractivity contribution in [1.29, 1.82) is 0 Å². The van der Waals surface area contributed by atoms with Gasteiger partial charge in [0, 0.05) is 70.0 Å². The molecule has 3 aromatic heterocycles. The molecule has 2 amide bonds. The summed E-state index contributed by atoms with van der Waals surface area (Å²) in [5.74, 6) is 0.0703. The predicted molar refractivity (Wildman–Crippen MR) is 198 cm³/mol. The van der Waals surface area contributed by atoms with E-state index in [1.54, 1.807) is 36.2 Å². The number of fused-ring (bicyclic) bond motifs is 2. The maximum Gasteiger partial charge on any atom is 0.328 e. The molecule has 2 saturated heterocycles. The molecule has 2 aliphatic rings. The molecule has 5 heterocycles. The van der Waals surface area contributed by atoms with Gasteiger partial charge in [-0.2, -0.15) is 10.1 Å². The molecule has 0 spiro atoms. The predicted octanol–water partition coefficient (Wildman–Crippen LogP) is 4.20. The molecule has 2 aromatic carbocycles. The lowest BCUT2D eigenvalue weighted by atomic mass is 9.92. The fourth-order valence-corrected chi connectivity index (χ4v) is 7.34. The minimum atomic E-state index is -0.898. The Morgan fingerprint density at radius 1 is 1.04 bits per heavy atom. The van der Waals surface area contributed by atoms with Crippen LogP contribution in [0.1, 0.15) is 57.6 Å². The van der Waals surface area contributed by atoms with E-state index < -0.39 is 11.5 Å². The minimum absolute atomic E-state index is 0.141. The zero-order valence-corrected chi connectivity index (χ0v) is 30.2. The third-order valence-electron chi connectivity index (χ3n) is 10.2. The second-order valence-electron chi connectivity index (χ2n) is 14.3. The summed E-state index contributed by atoms with van der Waals surface area (Å²) >= 11 is 6.57. The third kappa shape index (κ3) is 6.77. The summed E-state index contributed by atoms with van der Waals surface area (Å²) in [5.41, 5.74) is 3.98. The van der Waals surface area contributed by atoms with Crippen molar-refractivity contribution in [3.63, 3.8) is 0 Å². The summed E-state index contributed by atoms with van der Waals surface area (Å²) in [6.45, 7) is 5.52. The van der Waals surface area contributed by atoms with Gasteiger partial charge < -0.3 is 20.2 Å². The number of nitrogens with one attached hydrogen (secondary N) is 2. The number of aromatic nitrogens is 6. The number of piperidine rings is 2. The van der Waals surface area contributed by atoms with Gasteiger partial charge in [0.15, 0.2) is 5.82 Å². The SMILES string of the molecule is CN(c1ncc(Cl)c(Nc2ccc3c(c2)n(CCC(C)(C)O)c(=O)n3C)n1)C1CCN(c2ccc3c([C@H]4CCC(=O)NC4=O)nn(C)c3c2)CC1. The number of aliphatic hydroxyl groups is 1. The van der Waals surface area contributed by atoms with Crippen LogP contribution >= 0.6 is 11.6 Å². The highest BCUT2D eigenvalue weighted by Crippen LogP contribution is 2.34. The summed E-state index contributed by atoms with van der Waals surface area (Å²) in [6, 6.07) is 12.1. The second kappa shape index (κ2) is 13.3. The standard InChI is InChI=1S/C36H43ClN10O4/c1-36(2,51)14-17-47-29-18-21(6-10-27(29)44(4)35(47)50)39-32-26(37)20-38-34(41-32)43(3)22-12-15-46(16-13-22)23-7-8-24-28(19-23)45(5)42-31(24)25-9-11-30(48)40-33(25)49/h6-8,10,18-20,22,25,51H,9,11-17H2,1-5H3,(H,38,39,41)(H,40,48,49)/t25-/m1/s1. The van der Waals surface area contributed by atoms with Gasteiger partial charge in [-0.3, -0.25) is 28.7 Å². The fourth-order valence-electron chi connectivity index (χ4n) is 7.20. The third-order valence-corrected chi connectivity index (χ3v) is 10.5. The van der Waals surface area contributed by atoms with Gasteiger partial charge in [0.05, 0.1) is 40.0 Å². The Labute approximate surface area is 300 Å². The van der Waals surface area contributed by atoms with Crippen molar-refractivity contribution in [3.05, 3.63) is 63.8 Å². The Balaban J connectivity index is 1.04. The lowest BCUT2D eigenvalue weighted by Gasteiger charge is -2.38. The van der Waals surface area contributed by atoms with E-state index in [1.165, 1.54) is 0 Å². The fraction of sp³-hybridized carbons (Fsp3) is 0.444. The highest BCUT2D eigenvalue weighted by atomic mass is 35.5. The van der Waals surface area contributed by atoms with Crippen molar-refractivity contribution in [3.8, 4) is 0 Å². The summed E-state index contributed by atoms with van der Waals surface area (Å²) in [5, 5.41) is 22.0. The first-order valence-corrected chi connectivity index (χ1v) is 17.6. The number of imide groups is 1. The van der Waals surface area contributed by atoms with Gasteiger partial charge in [-0.15, -0.1) is 0 Å². The highest BCUT2D eigenvalue weighted by molar-refractivity contribution is 6.33. The van der Waals surface area contributed by atoms with Crippen LogP contribution in [-0.4, -0.2) is 77.6 Å². The summed E-state index contributed by atoms with van der Waals surface area (Å²) in [4.78, 5) is 51.0. The molecule has 5 aromatic rings. The van der Waals surface area contributed by atoms with E-state index in [1.807, 2.05) is 43.0 Å². The van der Waals surface area contributed by atoms with Gasteiger partial charge in [-0.25, -0.2) is 9.78 Å². The van der Waals surface area contributed by atoms with Crippen molar-refractivity contribution in [2.75, 3.05) is 35.3 Å². The van der Waals surface area contributed by atoms with E-state index in [-0.39, 0.29) is 23.5 Å². The molecule has 15 heteroatoms. The molecule has 268 valence electrons. The van der Waals surface area contributed by atoms with Crippen LogP contribution in [0.4, 0.5) is 23.1 Å². The number of halogens is 1. The van der Waals surface area contributed by atoms with E-state index in [2.05, 4.69) is 42.6 Å². The number of carbonyl (C=O) groups excluding carboxylic acids is 2. The zero-order chi connectivity index (χ0) is 36.2. The molecule has 0 saturated carbocycles. The number of imidazole rings is 1. The first-order chi connectivity index (χ1) is 24.3. The van der Waals surface area contributed by atoms with Crippen LogP contribution in [0.25, 0.3) is 21.9 Å². The number of aryl methyl sites for hydroxylation is 3. The van der Waals surface area contributed by atoms with E-state index >= 15 is 0 Å². The van der Waals surface area contributed by atoms with Crippen LogP contribution in [0.15, 0.2) is 47.4 Å². The van der Waals surface area contributed by atoms with Crippen LogP contribution in [0.5, 0.6) is 0 Å². The number of hydrogen-bond acceptors (Lipinski definition) is 10. The highest BCUT2D eigenvalue weighted by Gasteiger charge is 2.32. The molecule has 0 bridgehead atoms. The number of amides is 2. The van der Waals surface area contributed by atoms with Crippen LogP contribution in [0, 0.1) is 0 Å². The molecule has 0 unspecified atom stereocenters. The Morgan fingerprint density at radius 2 is 1.80 bits per heavy atom. The molecule has 1 atom stereocenters. The first kappa shape index (κ1) is 34.5. The Hall–Kier alpha value is -4.95. The molecule has 14 nitrogen and oxygen atoms in total. The largest absolute Gasteiger partial charge is 0.390 e. The van der Waals surface area contributed by atoms with Crippen LogP contribution < -0.4 is 26.1 Å². The lowest BCUT2D eigenvalue weighted by Crippen LogP contribution is -2.44. The molecule has 7 rings (SSSR count). The number of hydrogen-bond donors (Lipinski definition) is 3. The molecular weight excluding hydrogens is 672 g/mol. The quantitative estimate of drug-likeness (QED) is 0.189. The lowest BCUT2D eigenvalue weighted by molar-refractivity contribution is -0.134. The number of anilines is 4. The van der Waals surface area contributed by atoms with Gasteiger partial charge in [0.1, 0.15) is 5.02 Å². The van der Waals surface area contributed by atoms with Gasteiger partial charge in [0.25, 0.3) is 0 Å². The van der Waals surface area contributed by atoms with Crippen LogP contribution in [-0.2, 0) is 30.2 Å². The molecule has 0 radical (unpaired) electrons.